The molecule has 0 saturated carbocycles. The minimum absolute atomic E-state index is 0.0258. The summed E-state index contributed by atoms with van der Waals surface area (Å²) in [5.41, 5.74) is 0.645. The van der Waals surface area contributed by atoms with Gasteiger partial charge in [-0.3, -0.25) is 10.1 Å². The first-order valence-corrected chi connectivity index (χ1v) is 8.92. The quantitative estimate of drug-likeness (QED) is 0.632. The molecule has 27 heavy (non-hydrogen) atoms. The van der Waals surface area contributed by atoms with Gasteiger partial charge >= 0.3 is 6.03 Å². The Morgan fingerprint density at radius 1 is 1.15 bits per heavy atom. The van der Waals surface area contributed by atoms with Crippen LogP contribution in [-0.2, 0) is 4.79 Å². The molecular formula is C16H12ClFN6O2S. The van der Waals surface area contributed by atoms with Gasteiger partial charge in [0.2, 0.25) is 11.1 Å². The summed E-state index contributed by atoms with van der Waals surface area (Å²) in [6.07, 6.45) is 0. The van der Waals surface area contributed by atoms with Gasteiger partial charge in [0.05, 0.1) is 17.1 Å². The van der Waals surface area contributed by atoms with Gasteiger partial charge in [-0.25, -0.2) is 9.18 Å². The Bertz CT molecular complexity index is 966. The number of nitrogens with zero attached hydrogens (tertiary/aromatic N) is 4. The van der Waals surface area contributed by atoms with Crippen LogP contribution < -0.4 is 10.6 Å². The number of benzene rings is 2. The number of thioether (sulfide) groups is 1. The van der Waals surface area contributed by atoms with E-state index in [4.69, 9.17) is 11.6 Å². The van der Waals surface area contributed by atoms with E-state index in [1.165, 1.54) is 22.9 Å². The minimum atomic E-state index is -0.831. The molecule has 1 heterocycles. The van der Waals surface area contributed by atoms with Crippen LogP contribution in [0.15, 0.2) is 53.7 Å². The molecule has 0 radical (unpaired) electrons. The van der Waals surface area contributed by atoms with E-state index in [-0.39, 0.29) is 11.4 Å². The van der Waals surface area contributed by atoms with Crippen molar-refractivity contribution in [2.45, 2.75) is 5.16 Å². The van der Waals surface area contributed by atoms with Gasteiger partial charge in [-0.1, -0.05) is 35.5 Å². The summed E-state index contributed by atoms with van der Waals surface area (Å²) in [5, 5.41) is 16.6. The highest BCUT2D eigenvalue weighted by molar-refractivity contribution is 7.99. The molecule has 0 fully saturated rings. The Kier molecular flexibility index (Phi) is 5.99. The Morgan fingerprint density at radius 3 is 2.63 bits per heavy atom. The zero-order chi connectivity index (χ0) is 19.2. The van der Waals surface area contributed by atoms with Crippen LogP contribution in [-0.4, -0.2) is 37.9 Å². The summed E-state index contributed by atoms with van der Waals surface area (Å²) in [7, 11) is 0. The molecule has 11 heteroatoms. The summed E-state index contributed by atoms with van der Waals surface area (Å²) in [6.45, 7) is 0. The first-order chi connectivity index (χ1) is 13.0. The zero-order valence-electron chi connectivity index (χ0n) is 13.6. The molecule has 0 aliphatic carbocycles. The maximum atomic E-state index is 13.5. The van der Waals surface area contributed by atoms with Crippen molar-refractivity contribution in [2.75, 3.05) is 11.1 Å². The van der Waals surface area contributed by atoms with E-state index in [1.54, 1.807) is 30.3 Å². The number of imide groups is 1. The van der Waals surface area contributed by atoms with Crippen LogP contribution >= 0.6 is 23.4 Å². The molecule has 0 bridgehead atoms. The van der Waals surface area contributed by atoms with Crippen LogP contribution in [0.1, 0.15) is 0 Å². The largest absolute Gasteiger partial charge is 0.325 e. The monoisotopic (exact) mass is 406 g/mol. The molecule has 0 spiro atoms. The van der Waals surface area contributed by atoms with E-state index >= 15 is 0 Å². The fraction of sp³-hybridized carbons (Fsp3) is 0.0625. The maximum Gasteiger partial charge on any atom is 0.325 e. The third-order valence-corrected chi connectivity index (χ3v) is 4.39. The fourth-order valence-corrected chi connectivity index (χ4v) is 2.84. The molecule has 3 rings (SSSR count). The van der Waals surface area contributed by atoms with Crippen molar-refractivity contribution in [3.05, 3.63) is 59.4 Å². The smallest absolute Gasteiger partial charge is 0.305 e. The summed E-state index contributed by atoms with van der Waals surface area (Å²) in [4.78, 5) is 23.7. The van der Waals surface area contributed by atoms with Crippen LogP contribution in [0.2, 0.25) is 5.02 Å². The molecule has 0 saturated heterocycles. The number of aromatic nitrogens is 4. The normalized spacial score (nSPS) is 10.4. The zero-order valence-corrected chi connectivity index (χ0v) is 15.2. The Hall–Kier alpha value is -2.98. The van der Waals surface area contributed by atoms with Crippen molar-refractivity contribution in [1.82, 2.24) is 25.5 Å². The average molecular weight is 407 g/mol. The predicted molar refractivity (Wildman–Crippen MR) is 98.4 cm³/mol. The Labute approximate surface area is 162 Å². The van der Waals surface area contributed by atoms with Crippen molar-refractivity contribution >= 4 is 41.0 Å². The maximum absolute atomic E-state index is 13.5. The van der Waals surface area contributed by atoms with E-state index in [9.17, 15) is 14.0 Å². The van der Waals surface area contributed by atoms with Crippen LogP contribution in [0.5, 0.6) is 0 Å². The summed E-state index contributed by atoms with van der Waals surface area (Å²) in [5.74, 6) is -1.30. The van der Waals surface area contributed by atoms with Crippen LogP contribution in [0, 0.1) is 5.82 Å². The number of halogens is 2. The SMILES string of the molecule is O=C(CSc1nnnn1-c1ccc(Cl)cc1)NC(=O)Nc1ccccc1F. The molecular weight excluding hydrogens is 395 g/mol. The summed E-state index contributed by atoms with van der Waals surface area (Å²) < 4.78 is 14.9. The van der Waals surface area contributed by atoms with Gasteiger partial charge in [0.1, 0.15) is 5.82 Å². The molecule has 0 aliphatic heterocycles. The highest BCUT2D eigenvalue weighted by atomic mass is 35.5. The van der Waals surface area contributed by atoms with Gasteiger partial charge in [0.25, 0.3) is 0 Å². The lowest BCUT2D eigenvalue weighted by Crippen LogP contribution is -2.35. The van der Waals surface area contributed by atoms with Crippen molar-refractivity contribution in [3.63, 3.8) is 0 Å². The second-order valence-corrected chi connectivity index (χ2v) is 6.50. The Morgan fingerprint density at radius 2 is 1.89 bits per heavy atom. The summed E-state index contributed by atoms with van der Waals surface area (Å²) in [6, 6.07) is 11.6. The van der Waals surface area contributed by atoms with E-state index in [2.05, 4.69) is 26.2 Å². The first kappa shape index (κ1) is 18.8. The van der Waals surface area contributed by atoms with Gasteiger partial charge in [-0.15, -0.1) is 5.10 Å². The molecule has 3 amide bonds. The number of hydrogen-bond donors (Lipinski definition) is 2. The molecule has 3 aromatic rings. The fourth-order valence-electron chi connectivity index (χ4n) is 2.02. The lowest BCUT2D eigenvalue weighted by molar-refractivity contribution is -0.117. The number of tetrazole rings is 1. The Balaban J connectivity index is 1.55. The molecule has 0 unspecified atom stereocenters. The number of anilines is 1. The molecule has 1 aromatic heterocycles. The average Bonchev–Trinajstić information content (AvgIpc) is 3.11. The van der Waals surface area contributed by atoms with Crippen LogP contribution in [0.3, 0.4) is 0 Å². The number of hydrogen-bond acceptors (Lipinski definition) is 6. The molecule has 8 nitrogen and oxygen atoms in total. The third-order valence-electron chi connectivity index (χ3n) is 3.22. The number of urea groups is 1. The molecule has 138 valence electrons. The number of amides is 3. The van der Waals surface area contributed by atoms with Crippen LogP contribution in [0.4, 0.5) is 14.9 Å². The molecule has 2 N–H and O–H groups in total. The lowest BCUT2D eigenvalue weighted by Gasteiger charge is -2.07. The van der Waals surface area contributed by atoms with Gasteiger partial charge < -0.3 is 5.32 Å². The highest BCUT2D eigenvalue weighted by Gasteiger charge is 2.14. The van der Waals surface area contributed by atoms with Gasteiger partial charge in [-0.2, -0.15) is 4.68 Å². The van der Waals surface area contributed by atoms with E-state index < -0.39 is 17.8 Å². The lowest BCUT2D eigenvalue weighted by atomic mass is 10.3. The predicted octanol–water partition coefficient (Wildman–Crippen LogP) is 2.90. The van der Waals surface area contributed by atoms with Crippen molar-refractivity contribution in [3.8, 4) is 5.69 Å². The molecule has 0 aliphatic rings. The van der Waals surface area contributed by atoms with Crippen LogP contribution in [0.25, 0.3) is 5.69 Å². The third kappa shape index (κ3) is 5.02. The first-order valence-electron chi connectivity index (χ1n) is 7.55. The molecule has 0 atom stereocenters. The van der Waals surface area contributed by atoms with Gasteiger partial charge in [0.15, 0.2) is 0 Å². The summed E-state index contributed by atoms with van der Waals surface area (Å²) >= 11 is 6.89. The standard InChI is InChI=1S/C16H12ClFN6O2S/c17-10-5-7-11(8-6-10)24-16(21-22-23-24)27-9-14(25)20-15(26)19-13-4-2-1-3-12(13)18/h1-8H,9H2,(H2,19,20,25,26). The van der Waals surface area contributed by atoms with E-state index in [0.717, 1.165) is 11.8 Å². The minimum Gasteiger partial charge on any atom is -0.305 e. The molecule has 2 aromatic carbocycles. The number of carbonyl (C=O) groups excluding carboxylic acids is 2. The highest BCUT2D eigenvalue weighted by Crippen LogP contribution is 2.19. The van der Waals surface area contributed by atoms with E-state index in [1.807, 2.05) is 0 Å². The van der Waals surface area contributed by atoms with Crippen molar-refractivity contribution in [1.29, 1.82) is 0 Å². The topological polar surface area (TPSA) is 102 Å². The number of nitrogens with one attached hydrogen (secondary N) is 2. The number of para-hydroxylation sites is 1. The second kappa shape index (κ2) is 8.60. The van der Waals surface area contributed by atoms with Crippen molar-refractivity contribution in [2.24, 2.45) is 0 Å². The van der Waals surface area contributed by atoms with E-state index in [0.29, 0.717) is 15.9 Å². The van der Waals surface area contributed by atoms with Gasteiger partial charge in [0, 0.05) is 5.02 Å². The number of carbonyl (C=O) groups is 2. The number of rotatable bonds is 5. The van der Waals surface area contributed by atoms with Gasteiger partial charge in [-0.05, 0) is 46.8 Å². The second-order valence-electron chi connectivity index (χ2n) is 5.12. The van der Waals surface area contributed by atoms with Crippen molar-refractivity contribution < 1.29 is 14.0 Å².